The maximum absolute atomic E-state index is 12.5. The number of carboxylic acids is 1. The zero-order valence-corrected chi connectivity index (χ0v) is 18.8. The van der Waals surface area contributed by atoms with Crippen LogP contribution < -0.4 is 5.32 Å². The Hall–Kier alpha value is -2.62. The van der Waals surface area contributed by atoms with E-state index in [1.807, 2.05) is 11.8 Å². The summed E-state index contributed by atoms with van der Waals surface area (Å²) >= 11 is 6.09. The number of amides is 2. The number of hydrogen-bond acceptors (Lipinski definition) is 6. The molecule has 4 N–H and O–H groups in total. The first kappa shape index (κ1) is 22.6. The van der Waals surface area contributed by atoms with Crippen LogP contribution in [0, 0.1) is 18.8 Å². The minimum atomic E-state index is -1.15. The molecule has 10 heteroatoms. The van der Waals surface area contributed by atoms with Crippen LogP contribution in [0.5, 0.6) is 5.75 Å². The predicted octanol–water partition coefficient (Wildman–Crippen LogP) is 0.964. The summed E-state index contributed by atoms with van der Waals surface area (Å²) in [6.45, 7) is 6.53. The average Bonchev–Trinajstić information content (AvgIpc) is 2.92. The largest absolute Gasteiger partial charge is 0.506 e. The summed E-state index contributed by atoms with van der Waals surface area (Å²) in [6.07, 6.45) is -0.836. The van der Waals surface area contributed by atoms with Crippen molar-refractivity contribution in [1.29, 1.82) is 0 Å². The third kappa shape index (κ3) is 3.44. The van der Waals surface area contributed by atoms with Gasteiger partial charge in [-0.05, 0) is 31.1 Å². The Morgan fingerprint density at radius 2 is 1.97 bits per heavy atom. The second-order valence-corrected chi connectivity index (χ2v) is 9.27. The molecule has 0 unspecified atom stereocenters. The van der Waals surface area contributed by atoms with E-state index in [4.69, 9.17) is 11.6 Å². The first-order chi connectivity index (χ1) is 15.0. The van der Waals surface area contributed by atoms with Crippen LogP contribution in [0.1, 0.15) is 29.8 Å². The Kier molecular flexibility index (Phi) is 5.68. The quantitative estimate of drug-likeness (QED) is 0.462. The molecule has 0 aromatic heterocycles. The minimum Gasteiger partial charge on any atom is -0.506 e. The first-order valence-electron chi connectivity index (χ1n) is 10.5. The maximum atomic E-state index is 12.5. The maximum Gasteiger partial charge on any atom is 0.352 e. The highest BCUT2D eigenvalue weighted by molar-refractivity contribution is 6.35. The second-order valence-electron chi connectivity index (χ2n) is 8.89. The van der Waals surface area contributed by atoms with Gasteiger partial charge < -0.3 is 25.5 Å². The van der Waals surface area contributed by atoms with Crippen LogP contribution in [0.25, 0.3) is 0 Å². The van der Waals surface area contributed by atoms with E-state index in [9.17, 15) is 29.7 Å². The first-order valence-corrected chi connectivity index (χ1v) is 10.9. The number of rotatable bonds is 6. The number of benzene rings is 1. The SMILES string of the molecule is Cc1ccc(C(=O)NC2CN(CC3=C(C(=O)O)N4C(=O)[C@H]([C@@H](C)O)[C@H]4[C@H]3C)C2)c(Cl)c1O. The van der Waals surface area contributed by atoms with Crippen LogP contribution in [-0.2, 0) is 9.59 Å². The number of β-lactam (4-membered cyclic amide) rings is 1. The van der Waals surface area contributed by atoms with Gasteiger partial charge in [0.25, 0.3) is 5.91 Å². The van der Waals surface area contributed by atoms with Gasteiger partial charge in [-0.2, -0.15) is 0 Å². The molecule has 0 bridgehead atoms. The van der Waals surface area contributed by atoms with Crippen LogP contribution in [0.2, 0.25) is 5.02 Å². The van der Waals surface area contributed by atoms with Crippen molar-refractivity contribution in [2.75, 3.05) is 19.6 Å². The molecule has 4 atom stereocenters. The van der Waals surface area contributed by atoms with Crippen molar-refractivity contribution in [2.45, 2.75) is 39.0 Å². The van der Waals surface area contributed by atoms with E-state index in [0.717, 1.165) is 0 Å². The number of phenols is 1. The fourth-order valence-corrected chi connectivity index (χ4v) is 5.28. The number of aryl methyl sites for hydroxylation is 1. The highest BCUT2D eigenvalue weighted by atomic mass is 35.5. The molecule has 3 aliphatic rings. The Morgan fingerprint density at radius 1 is 1.31 bits per heavy atom. The molecule has 3 aliphatic heterocycles. The third-order valence-corrected chi connectivity index (χ3v) is 7.15. The lowest BCUT2D eigenvalue weighted by Crippen LogP contribution is -2.63. The van der Waals surface area contributed by atoms with Crippen LogP contribution in [0.4, 0.5) is 0 Å². The third-order valence-electron chi connectivity index (χ3n) is 6.77. The van der Waals surface area contributed by atoms with Gasteiger partial charge in [0.05, 0.1) is 34.7 Å². The number of phenolic OH excluding ortho intramolecular Hbond substituents is 1. The van der Waals surface area contributed by atoms with Crippen molar-refractivity contribution in [2.24, 2.45) is 11.8 Å². The number of fused-ring (bicyclic) bond motifs is 1. The molecule has 32 heavy (non-hydrogen) atoms. The topological polar surface area (TPSA) is 130 Å². The monoisotopic (exact) mass is 463 g/mol. The van der Waals surface area contributed by atoms with E-state index in [2.05, 4.69) is 5.32 Å². The van der Waals surface area contributed by atoms with Gasteiger partial charge in [-0.1, -0.05) is 24.6 Å². The van der Waals surface area contributed by atoms with Crippen molar-refractivity contribution in [3.63, 3.8) is 0 Å². The zero-order chi connectivity index (χ0) is 23.5. The molecular formula is C22H26ClN3O6. The van der Waals surface area contributed by atoms with Crippen molar-refractivity contribution >= 4 is 29.4 Å². The Labute approximate surface area is 190 Å². The number of aromatic hydroxyl groups is 1. The lowest BCUT2D eigenvalue weighted by atomic mass is 9.77. The molecule has 0 aliphatic carbocycles. The van der Waals surface area contributed by atoms with Gasteiger partial charge >= 0.3 is 5.97 Å². The number of aliphatic carboxylic acids is 1. The number of nitrogens with zero attached hydrogens (tertiary/aromatic N) is 2. The van der Waals surface area contributed by atoms with Crippen molar-refractivity contribution in [3.8, 4) is 5.75 Å². The fraction of sp³-hybridized carbons (Fsp3) is 0.500. The summed E-state index contributed by atoms with van der Waals surface area (Å²) in [6, 6.07) is 2.71. The minimum absolute atomic E-state index is 0.0107. The fourth-order valence-electron chi connectivity index (χ4n) is 4.98. The molecule has 1 aromatic carbocycles. The molecule has 4 rings (SSSR count). The summed E-state index contributed by atoms with van der Waals surface area (Å²) in [5.74, 6) is -2.77. The number of likely N-dealkylation sites (tertiary alicyclic amines) is 1. The molecule has 172 valence electrons. The summed E-state index contributed by atoms with van der Waals surface area (Å²) in [5.41, 5.74) is 1.45. The van der Waals surface area contributed by atoms with Crippen molar-refractivity contribution in [1.82, 2.24) is 15.1 Å². The Morgan fingerprint density at radius 3 is 2.56 bits per heavy atom. The molecular weight excluding hydrogens is 438 g/mol. The number of carboxylic acid groups (broad SMARTS) is 1. The molecule has 2 amide bonds. The second kappa shape index (κ2) is 8.06. The van der Waals surface area contributed by atoms with Crippen LogP contribution in [-0.4, -0.2) is 80.7 Å². The van der Waals surface area contributed by atoms with E-state index < -0.39 is 18.0 Å². The number of carbonyl (C=O) groups excluding carboxylic acids is 2. The molecule has 0 saturated carbocycles. The van der Waals surface area contributed by atoms with Gasteiger partial charge in [0.15, 0.2) is 0 Å². The molecule has 2 fully saturated rings. The number of halogens is 1. The van der Waals surface area contributed by atoms with Gasteiger partial charge in [-0.25, -0.2) is 4.79 Å². The van der Waals surface area contributed by atoms with Crippen LogP contribution in [0.15, 0.2) is 23.4 Å². The van der Waals surface area contributed by atoms with Crippen molar-refractivity contribution < 1.29 is 29.7 Å². The van der Waals surface area contributed by atoms with Crippen molar-refractivity contribution in [3.05, 3.63) is 39.6 Å². The van der Waals surface area contributed by atoms with E-state index in [1.165, 1.54) is 4.90 Å². The van der Waals surface area contributed by atoms with Crippen LogP contribution in [0.3, 0.4) is 0 Å². The lowest BCUT2D eigenvalue weighted by molar-refractivity contribution is -0.163. The van der Waals surface area contributed by atoms with E-state index in [-0.39, 0.29) is 51.8 Å². The van der Waals surface area contributed by atoms with Gasteiger partial charge in [-0.15, -0.1) is 0 Å². The summed E-state index contributed by atoms with van der Waals surface area (Å²) in [4.78, 5) is 40.1. The number of hydrogen-bond donors (Lipinski definition) is 4. The lowest BCUT2D eigenvalue weighted by Gasteiger charge is -2.46. The molecule has 0 spiro atoms. The molecule has 0 radical (unpaired) electrons. The Balaban J connectivity index is 1.40. The number of aliphatic hydroxyl groups is 1. The molecule has 1 aromatic rings. The molecule has 9 nitrogen and oxygen atoms in total. The normalized spacial score (nSPS) is 26.5. The van der Waals surface area contributed by atoms with Gasteiger partial charge in [0.1, 0.15) is 11.4 Å². The Bertz CT molecular complexity index is 1030. The predicted molar refractivity (Wildman–Crippen MR) is 115 cm³/mol. The number of aliphatic hydroxyl groups excluding tert-OH is 1. The van der Waals surface area contributed by atoms with E-state index >= 15 is 0 Å². The number of nitrogens with one attached hydrogen (secondary N) is 1. The van der Waals surface area contributed by atoms with Crippen LogP contribution >= 0.6 is 11.6 Å². The summed E-state index contributed by atoms with van der Waals surface area (Å²) in [7, 11) is 0. The summed E-state index contributed by atoms with van der Waals surface area (Å²) in [5, 5.41) is 32.5. The van der Waals surface area contributed by atoms with E-state index in [0.29, 0.717) is 30.8 Å². The molecule has 2 saturated heterocycles. The van der Waals surface area contributed by atoms with Gasteiger partial charge in [0, 0.05) is 25.6 Å². The smallest absolute Gasteiger partial charge is 0.352 e. The zero-order valence-electron chi connectivity index (χ0n) is 18.0. The highest BCUT2D eigenvalue weighted by Crippen LogP contribution is 2.47. The molecule has 3 heterocycles. The summed E-state index contributed by atoms with van der Waals surface area (Å²) < 4.78 is 0. The highest BCUT2D eigenvalue weighted by Gasteiger charge is 2.59. The van der Waals surface area contributed by atoms with Gasteiger partial charge in [0.2, 0.25) is 5.91 Å². The standard InChI is InChI=1S/C22H26ClN3O6/c1-9-4-5-13(16(23)19(9)28)20(29)24-12-6-25(7-12)8-14-10(2)17-15(11(3)27)21(30)26(17)18(14)22(31)32/h4-5,10-12,15,17,27-28H,6-8H2,1-3H3,(H,24,29)(H,31,32)/t10-,11+,15+,17+/m0/s1. The number of carbonyl (C=O) groups is 3. The average molecular weight is 464 g/mol. The van der Waals surface area contributed by atoms with Gasteiger partial charge in [-0.3, -0.25) is 14.5 Å². The van der Waals surface area contributed by atoms with E-state index in [1.54, 1.807) is 26.0 Å².